The van der Waals surface area contributed by atoms with Crippen molar-refractivity contribution >= 4 is 27.8 Å². The highest BCUT2D eigenvalue weighted by atomic mass is 79.9. The van der Waals surface area contributed by atoms with Crippen molar-refractivity contribution < 1.29 is 14.7 Å². The monoisotopic (exact) mass is 311 g/mol. The fourth-order valence-electron chi connectivity index (χ4n) is 2.08. The maximum Gasteiger partial charge on any atom is 0.335 e. The second-order valence-corrected chi connectivity index (χ2v) is 5.15. The molecule has 1 heterocycles. The van der Waals surface area contributed by atoms with Crippen LogP contribution in [0.15, 0.2) is 24.3 Å². The van der Waals surface area contributed by atoms with Crippen LogP contribution in [-0.4, -0.2) is 33.8 Å². The Kier molecular flexibility index (Phi) is 4.01. The Morgan fingerprint density at radius 2 is 2.06 bits per heavy atom. The Labute approximate surface area is 114 Å². The van der Waals surface area contributed by atoms with E-state index in [1.807, 2.05) is 4.90 Å². The first-order valence-electron chi connectivity index (χ1n) is 5.76. The number of carboxylic acid groups (broad SMARTS) is 1. The Bertz CT molecular complexity index is 458. The Morgan fingerprint density at radius 1 is 1.39 bits per heavy atom. The minimum atomic E-state index is -0.932. The van der Waals surface area contributed by atoms with Gasteiger partial charge in [-0.15, -0.1) is 0 Å². The highest BCUT2D eigenvalue weighted by Gasteiger charge is 2.28. The minimum absolute atomic E-state index is 0.168. The molecule has 1 atom stereocenters. The van der Waals surface area contributed by atoms with Gasteiger partial charge >= 0.3 is 5.97 Å². The number of nitrogens with zero attached hydrogens (tertiary/aromatic N) is 1. The average Bonchev–Trinajstić information content (AvgIpc) is 2.71. The predicted molar refractivity (Wildman–Crippen MR) is 70.7 cm³/mol. The smallest absolute Gasteiger partial charge is 0.335 e. The van der Waals surface area contributed by atoms with Gasteiger partial charge in [0.05, 0.1) is 5.56 Å². The average molecular weight is 312 g/mol. The number of carbonyl (C=O) groups excluding carboxylic acids is 1. The lowest BCUT2D eigenvalue weighted by atomic mass is 10.1. The van der Waals surface area contributed by atoms with Crippen molar-refractivity contribution in [1.29, 1.82) is 0 Å². The predicted octanol–water partition coefficient (Wildman–Crippen LogP) is 2.13. The normalized spacial score (nSPS) is 19.3. The highest BCUT2D eigenvalue weighted by molar-refractivity contribution is 9.09. The summed E-state index contributed by atoms with van der Waals surface area (Å²) in [6, 6.07) is 6.66. The summed E-state index contributed by atoms with van der Waals surface area (Å²) >= 11 is 3.40. The summed E-state index contributed by atoms with van der Waals surface area (Å²) in [4.78, 5) is 24.3. The van der Waals surface area contributed by atoms with Crippen molar-refractivity contribution in [2.24, 2.45) is 5.92 Å². The molecule has 1 aliphatic rings. The first kappa shape index (κ1) is 13.1. The number of carbonyl (C=O) groups is 2. The molecule has 1 fully saturated rings. The van der Waals surface area contributed by atoms with Crippen LogP contribution >= 0.6 is 15.9 Å². The quantitative estimate of drug-likeness (QED) is 0.867. The number of benzene rings is 1. The third-order valence-electron chi connectivity index (χ3n) is 3.09. The number of hydrogen-bond acceptors (Lipinski definition) is 2. The molecule has 1 aromatic carbocycles. The van der Waals surface area contributed by atoms with Crippen molar-refractivity contribution in [3.63, 3.8) is 0 Å². The van der Waals surface area contributed by atoms with Gasteiger partial charge in [-0.2, -0.15) is 0 Å². The van der Waals surface area contributed by atoms with Gasteiger partial charge in [-0.25, -0.2) is 4.79 Å². The molecule has 96 valence electrons. The first-order chi connectivity index (χ1) is 8.60. The van der Waals surface area contributed by atoms with Gasteiger partial charge in [-0.1, -0.05) is 28.1 Å². The molecule has 0 aromatic heterocycles. The Hall–Kier alpha value is -1.36. The summed E-state index contributed by atoms with van der Waals surface area (Å²) in [6.45, 7) is 1.33. The fraction of sp³-hybridized carbons (Fsp3) is 0.385. The number of likely N-dealkylation sites (tertiary alicyclic amines) is 1. The second-order valence-electron chi connectivity index (χ2n) is 4.50. The molecule has 0 bridgehead atoms. The zero-order valence-corrected chi connectivity index (χ0v) is 11.4. The van der Waals surface area contributed by atoms with E-state index in [1.165, 1.54) is 0 Å². The summed E-state index contributed by atoms with van der Waals surface area (Å²) in [5, 5.41) is 9.64. The fourth-order valence-corrected chi connectivity index (χ4v) is 2.52. The van der Waals surface area contributed by atoms with Crippen LogP contribution in [0, 0.1) is 5.92 Å². The van der Waals surface area contributed by atoms with Crippen LogP contribution in [0.5, 0.6) is 0 Å². The van der Waals surface area contributed by atoms with Crippen LogP contribution in [0.3, 0.4) is 0 Å². The number of rotatable bonds is 4. The van der Waals surface area contributed by atoms with E-state index in [0.717, 1.165) is 17.4 Å². The molecule has 0 saturated carbocycles. The van der Waals surface area contributed by atoms with Crippen molar-refractivity contribution in [2.45, 2.75) is 13.0 Å². The molecule has 0 radical (unpaired) electrons. The first-order valence-corrected chi connectivity index (χ1v) is 6.88. The number of aromatic carboxylic acids is 1. The van der Waals surface area contributed by atoms with E-state index in [2.05, 4.69) is 15.9 Å². The van der Waals surface area contributed by atoms with Crippen molar-refractivity contribution in [3.05, 3.63) is 35.4 Å². The van der Waals surface area contributed by atoms with Crippen LogP contribution < -0.4 is 0 Å². The van der Waals surface area contributed by atoms with E-state index in [9.17, 15) is 9.59 Å². The molecule has 1 aromatic rings. The van der Waals surface area contributed by atoms with Crippen molar-refractivity contribution in [2.75, 3.05) is 11.9 Å². The summed E-state index contributed by atoms with van der Waals surface area (Å²) in [5.41, 5.74) is 1.23. The number of alkyl halides is 1. The van der Waals surface area contributed by atoms with Gasteiger partial charge in [-0.3, -0.25) is 4.79 Å². The molecule has 1 N–H and O–H groups in total. The molecule has 2 rings (SSSR count). The zero-order valence-electron chi connectivity index (χ0n) is 9.80. The van der Waals surface area contributed by atoms with Crippen LogP contribution in [0.2, 0.25) is 0 Å². The topological polar surface area (TPSA) is 57.6 Å². The van der Waals surface area contributed by atoms with Gasteiger partial charge < -0.3 is 10.0 Å². The van der Waals surface area contributed by atoms with E-state index < -0.39 is 5.97 Å². The van der Waals surface area contributed by atoms with Gasteiger partial charge in [-0.05, 0) is 23.6 Å². The lowest BCUT2D eigenvalue weighted by molar-refractivity contribution is -0.128. The van der Waals surface area contributed by atoms with E-state index in [0.29, 0.717) is 18.9 Å². The molecule has 1 saturated heterocycles. The SMILES string of the molecule is O=C(O)c1ccc(CN2CC(CBr)CC2=O)cc1. The lowest BCUT2D eigenvalue weighted by Gasteiger charge is -2.16. The zero-order chi connectivity index (χ0) is 13.1. The largest absolute Gasteiger partial charge is 0.478 e. The van der Waals surface area contributed by atoms with Gasteiger partial charge in [0.25, 0.3) is 0 Å². The third kappa shape index (κ3) is 2.90. The van der Waals surface area contributed by atoms with E-state index >= 15 is 0 Å². The van der Waals surface area contributed by atoms with Crippen LogP contribution in [-0.2, 0) is 11.3 Å². The maximum atomic E-state index is 11.7. The van der Waals surface area contributed by atoms with Gasteiger partial charge in [0.15, 0.2) is 0 Å². The van der Waals surface area contributed by atoms with Crippen LogP contribution in [0.1, 0.15) is 22.3 Å². The van der Waals surface area contributed by atoms with Crippen molar-refractivity contribution in [3.8, 4) is 0 Å². The molecular formula is C13H14BrNO3. The molecule has 0 spiro atoms. The van der Waals surface area contributed by atoms with Crippen LogP contribution in [0.25, 0.3) is 0 Å². The third-order valence-corrected chi connectivity index (χ3v) is 4.00. The summed E-state index contributed by atoms with van der Waals surface area (Å²) in [5.74, 6) is -0.379. The molecular weight excluding hydrogens is 298 g/mol. The summed E-state index contributed by atoms with van der Waals surface area (Å²) in [7, 11) is 0. The Morgan fingerprint density at radius 3 is 2.56 bits per heavy atom. The second kappa shape index (κ2) is 5.52. The number of halogens is 1. The van der Waals surface area contributed by atoms with E-state index in [1.54, 1.807) is 24.3 Å². The van der Waals surface area contributed by atoms with Gasteiger partial charge in [0, 0.05) is 24.8 Å². The highest BCUT2D eigenvalue weighted by Crippen LogP contribution is 2.21. The van der Waals surface area contributed by atoms with Gasteiger partial charge in [0.2, 0.25) is 5.91 Å². The molecule has 4 nitrogen and oxygen atoms in total. The van der Waals surface area contributed by atoms with Crippen LogP contribution in [0.4, 0.5) is 0 Å². The number of amides is 1. The van der Waals surface area contributed by atoms with E-state index in [4.69, 9.17) is 5.11 Å². The van der Waals surface area contributed by atoms with Crippen molar-refractivity contribution in [1.82, 2.24) is 4.90 Å². The van der Waals surface area contributed by atoms with Gasteiger partial charge in [0.1, 0.15) is 0 Å². The lowest BCUT2D eigenvalue weighted by Crippen LogP contribution is -2.24. The molecule has 0 aliphatic carbocycles. The molecule has 18 heavy (non-hydrogen) atoms. The maximum absolute atomic E-state index is 11.7. The number of hydrogen-bond donors (Lipinski definition) is 1. The molecule has 1 amide bonds. The Balaban J connectivity index is 2.01. The van der Waals surface area contributed by atoms with E-state index in [-0.39, 0.29) is 11.5 Å². The summed E-state index contributed by atoms with van der Waals surface area (Å²) < 4.78 is 0. The standard InChI is InChI=1S/C13H14BrNO3/c14-6-10-5-12(16)15(8-10)7-9-1-3-11(4-2-9)13(17)18/h1-4,10H,5-8H2,(H,17,18). The number of carboxylic acids is 1. The molecule has 1 unspecified atom stereocenters. The molecule has 5 heteroatoms. The summed E-state index contributed by atoms with van der Waals surface area (Å²) in [6.07, 6.45) is 0.596. The molecule has 1 aliphatic heterocycles. The minimum Gasteiger partial charge on any atom is -0.478 e.